The highest BCUT2D eigenvalue weighted by Crippen LogP contribution is 2.28. The van der Waals surface area contributed by atoms with Gasteiger partial charge in [-0.15, -0.1) is 0 Å². The number of nitrogens with one attached hydrogen (secondary N) is 1. The zero-order valence-corrected chi connectivity index (χ0v) is 15.1. The molecule has 0 saturated carbocycles. The lowest BCUT2D eigenvalue weighted by molar-refractivity contribution is -0.128. The van der Waals surface area contributed by atoms with Crippen LogP contribution in [0.5, 0.6) is 0 Å². The quantitative estimate of drug-likeness (QED) is 0.579. The summed E-state index contributed by atoms with van der Waals surface area (Å²) in [5.41, 5.74) is 0. The highest BCUT2D eigenvalue weighted by molar-refractivity contribution is 5.81. The third kappa shape index (κ3) is 5.50. The first-order valence-electron chi connectivity index (χ1n) is 8.76. The normalized spacial score (nSPS) is 18.9. The van der Waals surface area contributed by atoms with Gasteiger partial charge in [-0.05, 0) is 25.2 Å². The minimum Gasteiger partial charge on any atom is -0.357 e. The second-order valence-electron chi connectivity index (χ2n) is 6.35. The lowest BCUT2D eigenvalue weighted by Crippen LogP contribution is -2.40. The second kappa shape index (κ2) is 9.70. The summed E-state index contributed by atoms with van der Waals surface area (Å²) in [4.78, 5) is 20.3. The summed E-state index contributed by atoms with van der Waals surface area (Å²) in [5, 5.41) is 3.37. The Morgan fingerprint density at radius 1 is 1.32 bits per heavy atom. The molecule has 5 nitrogen and oxygen atoms in total. The van der Waals surface area contributed by atoms with Crippen molar-refractivity contribution in [3.05, 3.63) is 0 Å². The monoisotopic (exact) mass is 310 g/mol. The Hall–Kier alpha value is -1.26. The van der Waals surface area contributed by atoms with E-state index in [1.807, 2.05) is 0 Å². The van der Waals surface area contributed by atoms with Crippen molar-refractivity contribution >= 4 is 11.9 Å². The number of rotatable bonds is 7. The van der Waals surface area contributed by atoms with E-state index in [9.17, 15) is 4.79 Å². The van der Waals surface area contributed by atoms with Crippen LogP contribution < -0.4 is 5.32 Å². The van der Waals surface area contributed by atoms with Crippen LogP contribution in [0.4, 0.5) is 0 Å². The number of hydrogen-bond acceptors (Lipinski definition) is 2. The topological polar surface area (TPSA) is 47.9 Å². The molecule has 0 aromatic carbocycles. The summed E-state index contributed by atoms with van der Waals surface area (Å²) in [5.74, 6) is 2.71. The van der Waals surface area contributed by atoms with Crippen LogP contribution in [0.1, 0.15) is 46.5 Å². The fraction of sp³-hybridized carbons (Fsp3) is 0.882. The van der Waals surface area contributed by atoms with Crippen LogP contribution in [-0.2, 0) is 4.79 Å². The molecule has 22 heavy (non-hydrogen) atoms. The lowest BCUT2D eigenvalue weighted by Gasteiger charge is -2.24. The van der Waals surface area contributed by atoms with Crippen molar-refractivity contribution in [1.29, 1.82) is 0 Å². The highest BCUT2D eigenvalue weighted by Gasteiger charge is 2.29. The summed E-state index contributed by atoms with van der Waals surface area (Å²) in [6.07, 6.45) is 4.26. The molecule has 1 unspecified atom stereocenters. The summed E-state index contributed by atoms with van der Waals surface area (Å²) in [7, 11) is 3.58. The number of carbonyl (C=O) groups is 1. The van der Waals surface area contributed by atoms with E-state index in [0.29, 0.717) is 13.0 Å². The van der Waals surface area contributed by atoms with Gasteiger partial charge in [0.05, 0.1) is 6.54 Å². The molecule has 0 aromatic rings. The number of likely N-dealkylation sites (tertiary alicyclic amines) is 1. The summed E-state index contributed by atoms with van der Waals surface area (Å²) >= 11 is 0. The van der Waals surface area contributed by atoms with E-state index in [2.05, 4.69) is 36.0 Å². The van der Waals surface area contributed by atoms with Crippen molar-refractivity contribution in [3.63, 3.8) is 0 Å². The number of hydrogen-bond donors (Lipinski definition) is 1. The Balaban J connectivity index is 2.58. The average molecular weight is 310 g/mol. The van der Waals surface area contributed by atoms with E-state index in [4.69, 9.17) is 0 Å². The van der Waals surface area contributed by atoms with Crippen LogP contribution in [-0.4, -0.2) is 61.9 Å². The van der Waals surface area contributed by atoms with E-state index in [0.717, 1.165) is 37.4 Å². The van der Waals surface area contributed by atoms with Crippen molar-refractivity contribution in [2.45, 2.75) is 46.5 Å². The van der Waals surface area contributed by atoms with Gasteiger partial charge in [0.1, 0.15) is 0 Å². The maximum Gasteiger partial charge on any atom is 0.223 e. The molecule has 1 rings (SSSR count). The Morgan fingerprint density at radius 3 is 2.55 bits per heavy atom. The largest absolute Gasteiger partial charge is 0.357 e. The Bertz CT molecular complexity index is 364. The predicted molar refractivity (Wildman–Crippen MR) is 93.0 cm³/mol. The molecule has 128 valence electrons. The van der Waals surface area contributed by atoms with Crippen molar-refractivity contribution in [2.75, 3.05) is 40.3 Å². The van der Waals surface area contributed by atoms with Crippen molar-refractivity contribution in [3.8, 4) is 0 Å². The molecule has 1 amide bonds. The van der Waals surface area contributed by atoms with Gasteiger partial charge in [0.15, 0.2) is 5.96 Å². The van der Waals surface area contributed by atoms with Crippen molar-refractivity contribution < 1.29 is 4.79 Å². The molecule has 5 heteroatoms. The molecule has 1 N–H and O–H groups in total. The molecule has 1 saturated heterocycles. The van der Waals surface area contributed by atoms with Crippen molar-refractivity contribution in [2.24, 2.45) is 16.8 Å². The minimum absolute atomic E-state index is 0.135. The number of carbonyl (C=O) groups excluding carboxylic acids is 1. The molecule has 1 heterocycles. The Morgan fingerprint density at radius 2 is 2.00 bits per heavy atom. The van der Waals surface area contributed by atoms with Gasteiger partial charge >= 0.3 is 0 Å². The van der Waals surface area contributed by atoms with Gasteiger partial charge in [0.2, 0.25) is 5.91 Å². The molecular weight excluding hydrogens is 276 g/mol. The molecule has 1 fully saturated rings. The molecule has 1 aliphatic rings. The van der Waals surface area contributed by atoms with E-state index in [-0.39, 0.29) is 5.91 Å². The average Bonchev–Trinajstić information content (AvgIpc) is 2.97. The summed E-state index contributed by atoms with van der Waals surface area (Å²) in [6.45, 7) is 10.3. The van der Waals surface area contributed by atoms with Gasteiger partial charge in [-0.2, -0.15) is 0 Å². The highest BCUT2D eigenvalue weighted by atomic mass is 16.2. The predicted octanol–water partition coefficient (Wildman–Crippen LogP) is 2.19. The first-order valence-corrected chi connectivity index (χ1v) is 8.76. The van der Waals surface area contributed by atoms with Gasteiger partial charge in [-0.1, -0.05) is 26.7 Å². The molecule has 0 radical (unpaired) electrons. The number of aliphatic imine (C=N–C) groups is 1. The molecule has 0 aromatic heterocycles. The molecule has 1 atom stereocenters. The van der Waals surface area contributed by atoms with Gasteiger partial charge in [0.25, 0.3) is 0 Å². The van der Waals surface area contributed by atoms with Crippen LogP contribution >= 0.6 is 0 Å². The molecule has 0 bridgehead atoms. The first-order chi connectivity index (χ1) is 10.5. The van der Waals surface area contributed by atoms with Gasteiger partial charge in [0, 0.05) is 40.2 Å². The number of nitrogens with zero attached hydrogens (tertiary/aromatic N) is 3. The number of amides is 1. The van der Waals surface area contributed by atoms with E-state index in [1.54, 1.807) is 19.0 Å². The van der Waals surface area contributed by atoms with Gasteiger partial charge in [-0.3, -0.25) is 9.79 Å². The third-order valence-electron chi connectivity index (χ3n) is 4.66. The fourth-order valence-electron chi connectivity index (χ4n) is 3.23. The van der Waals surface area contributed by atoms with E-state index < -0.39 is 0 Å². The summed E-state index contributed by atoms with van der Waals surface area (Å²) < 4.78 is 0. The van der Waals surface area contributed by atoms with Crippen LogP contribution in [0.15, 0.2) is 4.99 Å². The van der Waals surface area contributed by atoms with Crippen molar-refractivity contribution in [1.82, 2.24) is 15.1 Å². The summed E-state index contributed by atoms with van der Waals surface area (Å²) in [6, 6.07) is 0. The minimum atomic E-state index is 0.135. The van der Waals surface area contributed by atoms with Crippen LogP contribution in [0, 0.1) is 11.8 Å². The Kier molecular flexibility index (Phi) is 8.28. The third-order valence-corrected chi connectivity index (χ3v) is 4.66. The zero-order chi connectivity index (χ0) is 16.5. The maximum absolute atomic E-state index is 11.6. The molecule has 0 spiro atoms. The molecule has 1 aliphatic heterocycles. The van der Waals surface area contributed by atoms with Crippen LogP contribution in [0.2, 0.25) is 0 Å². The maximum atomic E-state index is 11.6. The van der Waals surface area contributed by atoms with Crippen LogP contribution in [0.25, 0.3) is 0 Å². The van der Waals surface area contributed by atoms with Gasteiger partial charge < -0.3 is 15.1 Å². The standard InChI is InChI=1S/C17H34N4O/c1-6-14(7-2)15-10-12-21(13-15)17(18-8-3)19-11-9-16(22)20(4)5/h14-15H,6-13H2,1-5H3,(H,18,19). The first kappa shape index (κ1) is 18.8. The Labute approximate surface area is 136 Å². The number of guanidine groups is 1. The fourth-order valence-corrected chi connectivity index (χ4v) is 3.23. The SMILES string of the molecule is CCNC(=NCCC(=O)N(C)C)N1CCC(C(CC)CC)C1. The smallest absolute Gasteiger partial charge is 0.223 e. The van der Waals surface area contributed by atoms with E-state index in [1.165, 1.54) is 19.3 Å². The second-order valence-corrected chi connectivity index (χ2v) is 6.35. The van der Waals surface area contributed by atoms with Crippen LogP contribution in [0.3, 0.4) is 0 Å². The zero-order valence-electron chi connectivity index (χ0n) is 15.1. The van der Waals surface area contributed by atoms with Gasteiger partial charge in [-0.25, -0.2) is 0 Å². The molecular formula is C17H34N4O. The van der Waals surface area contributed by atoms with E-state index >= 15 is 0 Å². The lowest BCUT2D eigenvalue weighted by atomic mass is 9.87. The molecule has 0 aliphatic carbocycles.